The number of amides is 2. The smallest absolute Gasteiger partial charge is 0.416 e. The van der Waals surface area contributed by atoms with Crippen molar-refractivity contribution in [2.24, 2.45) is 0 Å². The number of Topliss-reactive ketones (excluding diaryl/α,β-unsaturated/α-hetero) is 1. The Balaban J connectivity index is 1.81. The second-order valence-corrected chi connectivity index (χ2v) is 6.35. The van der Waals surface area contributed by atoms with E-state index >= 15 is 0 Å². The highest BCUT2D eigenvalue weighted by atomic mass is 19.4. The number of halogens is 3. The van der Waals surface area contributed by atoms with E-state index in [-0.39, 0.29) is 30.2 Å². The summed E-state index contributed by atoms with van der Waals surface area (Å²) in [5, 5.41) is 2.36. The minimum absolute atomic E-state index is 0.0410. The van der Waals surface area contributed by atoms with E-state index in [1.807, 2.05) is 0 Å². The molecule has 0 radical (unpaired) electrons. The molecule has 29 heavy (non-hydrogen) atoms. The molecule has 0 saturated heterocycles. The lowest BCUT2D eigenvalue weighted by Gasteiger charge is -2.29. The molecule has 1 N–H and O–H groups in total. The van der Waals surface area contributed by atoms with Crippen LogP contribution in [0.1, 0.15) is 29.3 Å². The van der Waals surface area contributed by atoms with Gasteiger partial charge in [0.05, 0.1) is 11.3 Å². The molecule has 0 fully saturated rings. The second-order valence-electron chi connectivity index (χ2n) is 6.35. The normalized spacial score (nSPS) is 13.5. The van der Waals surface area contributed by atoms with Gasteiger partial charge in [0.25, 0.3) is 5.91 Å². The summed E-state index contributed by atoms with van der Waals surface area (Å²) in [5.74, 6) is -0.987. The number of nitrogens with zero attached hydrogens (tertiary/aromatic N) is 1. The zero-order valence-corrected chi connectivity index (χ0v) is 15.4. The second kappa shape index (κ2) is 7.94. The van der Waals surface area contributed by atoms with E-state index < -0.39 is 30.1 Å². The molecular formula is C20H17F3N2O4. The van der Waals surface area contributed by atoms with Crippen molar-refractivity contribution in [2.45, 2.75) is 19.5 Å². The zero-order valence-electron chi connectivity index (χ0n) is 15.4. The topological polar surface area (TPSA) is 75.7 Å². The number of ether oxygens (including phenoxy) is 1. The van der Waals surface area contributed by atoms with Crippen molar-refractivity contribution in [3.63, 3.8) is 0 Å². The van der Waals surface area contributed by atoms with Crippen molar-refractivity contribution < 1.29 is 32.3 Å². The first-order valence-electron chi connectivity index (χ1n) is 8.76. The number of ketones is 1. The highest BCUT2D eigenvalue weighted by Crippen LogP contribution is 2.34. The quantitative estimate of drug-likeness (QED) is 0.769. The third-order valence-corrected chi connectivity index (χ3v) is 4.32. The minimum atomic E-state index is -4.54. The van der Waals surface area contributed by atoms with Gasteiger partial charge in [-0.05, 0) is 36.4 Å². The maximum atomic E-state index is 12.8. The highest BCUT2D eigenvalue weighted by molar-refractivity contribution is 6.06. The van der Waals surface area contributed by atoms with Gasteiger partial charge in [-0.15, -0.1) is 0 Å². The number of fused-ring (bicyclic) bond motifs is 1. The van der Waals surface area contributed by atoms with Crippen LogP contribution in [0.2, 0.25) is 0 Å². The molecule has 6 nitrogen and oxygen atoms in total. The van der Waals surface area contributed by atoms with E-state index in [0.29, 0.717) is 11.3 Å². The summed E-state index contributed by atoms with van der Waals surface area (Å²) < 4.78 is 43.8. The molecule has 1 aliphatic rings. The van der Waals surface area contributed by atoms with Crippen LogP contribution in [0.15, 0.2) is 42.5 Å². The molecule has 9 heteroatoms. The summed E-state index contributed by atoms with van der Waals surface area (Å²) in [6.45, 7) is 0.976. The van der Waals surface area contributed by atoms with Crippen LogP contribution in [-0.2, 0) is 15.8 Å². The molecule has 2 aromatic rings. The summed E-state index contributed by atoms with van der Waals surface area (Å²) in [6, 6.07) is 8.78. The van der Waals surface area contributed by atoms with E-state index in [1.54, 1.807) is 19.1 Å². The number of carbonyl (C=O) groups is 3. The van der Waals surface area contributed by atoms with Crippen molar-refractivity contribution in [1.82, 2.24) is 0 Å². The summed E-state index contributed by atoms with van der Waals surface area (Å²) in [5.41, 5.74) is -0.306. The average molecular weight is 406 g/mol. The lowest BCUT2D eigenvalue weighted by Crippen LogP contribution is -2.43. The Morgan fingerprint density at radius 1 is 1.17 bits per heavy atom. The molecule has 0 aliphatic carbocycles. The Kier molecular flexibility index (Phi) is 5.58. The highest BCUT2D eigenvalue weighted by Gasteiger charge is 2.31. The first kappa shape index (κ1) is 20.4. The summed E-state index contributed by atoms with van der Waals surface area (Å²) in [4.78, 5) is 37.7. The first-order valence-corrected chi connectivity index (χ1v) is 8.76. The fourth-order valence-electron chi connectivity index (χ4n) is 2.87. The van der Waals surface area contributed by atoms with Crippen molar-refractivity contribution in [1.29, 1.82) is 0 Å². The Hall–Kier alpha value is -3.36. The van der Waals surface area contributed by atoms with Gasteiger partial charge in [0, 0.05) is 17.7 Å². The molecule has 0 saturated carbocycles. The lowest BCUT2D eigenvalue weighted by atomic mass is 10.1. The fourth-order valence-corrected chi connectivity index (χ4v) is 2.87. The van der Waals surface area contributed by atoms with Gasteiger partial charge < -0.3 is 10.1 Å². The van der Waals surface area contributed by atoms with Gasteiger partial charge in [-0.25, -0.2) is 0 Å². The van der Waals surface area contributed by atoms with E-state index in [2.05, 4.69) is 5.32 Å². The zero-order chi connectivity index (χ0) is 21.2. The van der Waals surface area contributed by atoms with Crippen LogP contribution in [0.25, 0.3) is 0 Å². The van der Waals surface area contributed by atoms with Crippen LogP contribution in [-0.4, -0.2) is 30.7 Å². The number of nitrogens with one attached hydrogen (secondary N) is 1. The van der Waals surface area contributed by atoms with Crippen molar-refractivity contribution in [3.8, 4) is 5.75 Å². The van der Waals surface area contributed by atoms with Gasteiger partial charge in [0.2, 0.25) is 5.91 Å². The Bertz CT molecular complexity index is 972. The molecule has 152 valence electrons. The SMILES string of the molecule is CCC(=O)c1ccc2c(c1)N(CC(=O)Nc1cccc(C(F)(F)F)c1)C(=O)CO2. The van der Waals surface area contributed by atoms with Crippen LogP contribution >= 0.6 is 0 Å². The molecule has 0 bridgehead atoms. The molecule has 0 spiro atoms. The number of benzene rings is 2. The van der Waals surface area contributed by atoms with Crippen LogP contribution < -0.4 is 15.0 Å². The van der Waals surface area contributed by atoms with Gasteiger partial charge in [-0.1, -0.05) is 13.0 Å². The van der Waals surface area contributed by atoms with Crippen LogP contribution in [0, 0.1) is 0 Å². The van der Waals surface area contributed by atoms with E-state index in [1.165, 1.54) is 18.2 Å². The van der Waals surface area contributed by atoms with Gasteiger partial charge >= 0.3 is 6.18 Å². The average Bonchev–Trinajstić information content (AvgIpc) is 2.68. The Labute approximate surface area is 164 Å². The molecule has 0 aromatic heterocycles. The van der Waals surface area contributed by atoms with Crippen molar-refractivity contribution >= 4 is 29.0 Å². The molecule has 2 amide bonds. The molecule has 2 aromatic carbocycles. The maximum absolute atomic E-state index is 12.8. The molecule has 3 rings (SSSR count). The summed E-state index contributed by atoms with van der Waals surface area (Å²) in [7, 11) is 0. The standard InChI is InChI=1S/C20H17F3N2O4/c1-2-16(26)12-6-7-17-15(8-12)25(19(28)11-29-17)10-18(27)24-14-5-3-4-13(9-14)20(21,22)23/h3-9H,2,10-11H2,1H3,(H,24,27). The predicted molar refractivity (Wildman–Crippen MR) is 99.0 cm³/mol. The van der Waals surface area contributed by atoms with E-state index in [0.717, 1.165) is 17.0 Å². The number of rotatable bonds is 5. The van der Waals surface area contributed by atoms with Crippen LogP contribution in [0.4, 0.5) is 24.5 Å². The number of carbonyl (C=O) groups excluding carboxylic acids is 3. The monoisotopic (exact) mass is 406 g/mol. The molecular weight excluding hydrogens is 389 g/mol. The van der Waals surface area contributed by atoms with Gasteiger partial charge in [-0.3, -0.25) is 19.3 Å². The maximum Gasteiger partial charge on any atom is 0.416 e. The fraction of sp³-hybridized carbons (Fsp3) is 0.250. The van der Waals surface area contributed by atoms with Crippen molar-refractivity contribution in [3.05, 3.63) is 53.6 Å². The lowest BCUT2D eigenvalue weighted by molar-refractivity contribution is -0.137. The Morgan fingerprint density at radius 2 is 1.93 bits per heavy atom. The van der Waals surface area contributed by atoms with E-state index in [4.69, 9.17) is 4.74 Å². The minimum Gasteiger partial charge on any atom is -0.482 e. The predicted octanol–water partition coefficient (Wildman–Crippen LogP) is 3.66. The third kappa shape index (κ3) is 4.56. The largest absolute Gasteiger partial charge is 0.482 e. The van der Waals surface area contributed by atoms with Gasteiger partial charge in [-0.2, -0.15) is 13.2 Å². The number of anilines is 2. The van der Waals surface area contributed by atoms with Gasteiger partial charge in [0.15, 0.2) is 12.4 Å². The van der Waals surface area contributed by atoms with Crippen molar-refractivity contribution in [2.75, 3.05) is 23.4 Å². The summed E-state index contributed by atoms with van der Waals surface area (Å²) in [6.07, 6.45) is -4.27. The molecule has 1 heterocycles. The first-order chi connectivity index (χ1) is 13.7. The van der Waals surface area contributed by atoms with Crippen LogP contribution in [0.5, 0.6) is 5.75 Å². The summed E-state index contributed by atoms with van der Waals surface area (Å²) >= 11 is 0. The van der Waals surface area contributed by atoms with E-state index in [9.17, 15) is 27.6 Å². The number of hydrogen-bond acceptors (Lipinski definition) is 4. The number of hydrogen-bond donors (Lipinski definition) is 1. The van der Waals surface area contributed by atoms with Gasteiger partial charge in [0.1, 0.15) is 12.3 Å². The Morgan fingerprint density at radius 3 is 2.62 bits per heavy atom. The molecule has 0 unspecified atom stereocenters. The van der Waals surface area contributed by atoms with Crippen LogP contribution in [0.3, 0.4) is 0 Å². The number of alkyl halides is 3. The third-order valence-electron chi connectivity index (χ3n) is 4.32. The molecule has 1 aliphatic heterocycles. The molecule has 0 atom stereocenters.